The molecule has 1 rings (SSSR count). The lowest BCUT2D eigenvalue weighted by atomic mass is 10.1. The Hall–Kier alpha value is -0.860. The fraction of sp³-hybridized carbons (Fsp3) is 0.632. The van der Waals surface area contributed by atoms with Gasteiger partial charge in [0.05, 0.1) is 6.54 Å². The van der Waals surface area contributed by atoms with Crippen LogP contribution in [0.1, 0.15) is 38.3 Å². The summed E-state index contributed by atoms with van der Waals surface area (Å²) in [6.07, 6.45) is 0.972. The number of hydrogen-bond acceptors (Lipinski definition) is 3. The van der Waals surface area contributed by atoms with E-state index in [-0.39, 0.29) is 24.0 Å². The maximum absolute atomic E-state index is 5.07. The molecular formula is C19H35IN4O. The van der Waals surface area contributed by atoms with Crippen molar-refractivity contribution in [2.75, 3.05) is 39.9 Å². The van der Waals surface area contributed by atoms with Gasteiger partial charge in [0.25, 0.3) is 0 Å². The van der Waals surface area contributed by atoms with Crippen LogP contribution >= 0.6 is 24.0 Å². The molecule has 0 fully saturated rings. The molecule has 0 radical (unpaired) electrons. The summed E-state index contributed by atoms with van der Waals surface area (Å²) in [6.45, 7) is 12.8. The van der Waals surface area contributed by atoms with E-state index in [1.165, 1.54) is 11.1 Å². The van der Waals surface area contributed by atoms with Crippen molar-refractivity contribution in [1.82, 2.24) is 15.5 Å². The van der Waals surface area contributed by atoms with Crippen LogP contribution in [0.4, 0.5) is 0 Å². The van der Waals surface area contributed by atoms with E-state index in [1.807, 2.05) is 0 Å². The van der Waals surface area contributed by atoms with Crippen molar-refractivity contribution in [2.24, 2.45) is 4.99 Å². The summed E-state index contributed by atoms with van der Waals surface area (Å²) in [7, 11) is 1.73. The number of ether oxygens (including phenoxy) is 1. The first-order chi connectivity index (χ1) is 11.7. The van der Waals surface area contributed by atoms with Crippen molar-refractivity contribution in [2.45, 2.75) is 40.3 Å². The van der Waals surface area contributed by atoms with Crippen LogP contribution < -0.4 is 10.6 Å². The number of nitrogens with one attached hydrogen (secondary N) is 2. The molecule has 1 aromatic carbocycles. The molecule has 6 heteroatoms. The van der Waals surface area contributed by atoms with Crippen LogP contribution in [0, 0.1) is 0 Å². The van der Waals surface area contributed by atoms with Gasteiger partial charge in [-0.1, -0.05) is 38.1 Å². The molecular weight excluding hydrogens is 427 g/mol. The zero-order valence-corrected chi connectivity index (χ0v) is 18.5. The molecule has 0 aliphatic rings. The molecule has 2 N–H and O–H groups in total. The summed E-state index contributed by atoms with van der Waals surface area (Å²) < 4.78 is 5.07. The lowest BCUT2D eigenvalue weighted by Gasteiger charge is -2.18. The second-order valence-corrected chi connectivity index (χ2v) is 5.75. The number of rotatable bonds is 11. The second-order valence-electron chi connectivity index (χ2n) is 5.75. The van der Waals surface area contributed by atoms with E-state index in [1.54, 1.807) is 7.11 Å². The first-order valence-corrected chi connectivity index (χ1v) is 9.04. The molecule has 5 nitrogen and oxygen atoms in total. The predicted molar refractivity (Wildman–Crippen MR) is 118 cm³/mol. The maximum Gasteiger partial charge on any atom is 0.191 e. The molecule has 0 spiro atoms. The summed E-state index contributed by atoms with van der Waals surface area (Å²) in [5.41, 5.74) is 2.60. The van der Waals surface area contributed by atoms with E-state index in [2.05, 4.69) is 65.6 Å². The lowest BCUT2D eigenvalue weighted by Crippen LogP contribution is -2.38. The van der Waals surface area contributed by atoms with Crippen molar-refractivity contribution in [3.8, 4) is 0 Å². The van der Waals surface area contributed by atoms with Crippen molar-refractivity contribution in [3.63, 3.8) is 0 Å². The molecule has 0 bridgehead atoms. The van der Waals surface area contributed by atoms with E-state index in [4.69, 9.17) is 4.74 Å². The molecule has 0 atom stereocenters. The van der Waals surface area contributed by atoms with E-state index in [0.29, 0.717) is 6.54 Å². The minimum Gasteiger partial charge on any atom is -0.385 e. The van der Waals surface area contributed by atoms with Gasteiger partial charge in [0.15, 0.2) is 5.96 Å². The van der Waals surface area contributed by atoms with Crippen molar-refractivity contribution >= 4 is 29.9 Å². The Morgan fingerprint density at radius 3 is 2.48 bits per heavy atom. The molecule has 0 heterocycles. The Morgan fingerprint density at radius 2 is 1.84 bits per heavy atom. The summed E-state index contributed by atoms with van der Waals surface area (Å²) in [6, 6.07) is 8.72. The van der Waals surface area contributed by atoms with Crippen molar-refractivity contribution < 1.29 is 4.74 Å². The van der Waals surface area contributed by atoms with Crippen LogP contribution in [-0.2, 0) is 17.8 Å². The fourth-order valence-corrected chi connectivity index (χ4v) is 2.47. The molecule has 0 saturated carbocycles. The SMILES string of the molecule is CCNC(=NCc1cccc(CN(CC)CC)c1)NCCCOC.I. The van der Waals surface area contributed by atoms with Crippen LogP contribution in [0.3, 0.4) is 0 Å². The van der Waals surface area contributed by atoms with Gasteiger partial charge in [0.2, 0.25) is 0 Å². The maximum atomic E-state index is 5.07. The van der Waals surface area contributed by atoms with Gasteiger partial charge in [-0.2, -0.15) is 0 Å². The Bertz CT molecular complexity index is 478. The zero-order valence-electron chi connectivity index (χ0n) is 16.2. The molecule has 0 aliphatic heterocycles. The Morgan fingerprint density at radius 1 is 1.12 bits per heavy atom. The first-order valence-electron chi connectivity index (χ1n) is 9.04. The molecule has 0 unspecified atom stereocenters. The molecule has 25 heavy (non-hydrogen) atoms. The second kappa shape index (κ2) is 15.4. The number of benzene rings is 1. The Labute approximate surface area is 170 Å². The van der Waals surface area contributed by atoms with Gasteiger partial charge in [0.1, 0.15) is 0 Å². The van der Waals surface area contributed by atoms with Crippen LogP contribution in [0.15, 0.2) is 29.3 Å². The van der Waals surface area contributed by atoms with Crippen LogP contribution in [0.5, 0.6) is 0 Å². The third-order valence-corrected chi connectivity index (χ3v) is 3.87. The summed E-state index contributed by atoms with van der Waals surface area (Å²) in [4.78, 5) is 7.10. The molecule has 0 saturated heterocycles. The Kier molecular flexibility index (Phi) is 14.9. The van der Waals surface area contributed by atoms with E-state index < -0.39 is 0 Å². The van der Waals surface area contributed by atoms with Gasteiger partial charge in [0, 0.05) is 33.4 Å². The number of guanidine groups is 1. The van der Waals surface area contributed by atoms with Gasteiger partial charge in [-0.05, 0) is 37.6 Å². The number of halogens is 1. The monoisotopic (exact) mass is 462 g/mol. The number of aliphatic imine (C=N–C) groups is 1. The van der Waals surface area contributed by atoms with Gasteiger partial charge >= 0.3 is 0 Å². The highest BCUT2D eigenvalue weighted by Crippen LogP contribution is 2.09. The quantitative estimate of drug-likeness (QED) is 0.230. The summed E-state index contributed by atoms with van der Waals surface area (Å²) >= 11 is 0. The van der Waals surface area contributed by atoms with Gasteiger partial charge < -0.3 is 15.4 Å². The van der Waals surface area contributed by atoms with Crippen molar-refractivity contribution in [1.29, 1.82) is 0 Å². The van der Waals surface area contributed by atoms with Gasteiger partial charge in [-0.3, -0.25) is 4.90 Å². The van der Waals surface area contributed by atoms with Crippen LogP contribution in [0.25, 0.3) is 0 Å². The summed E-state index contributed by atoms with van der Waals surface area (Å²) in [5, 5.41) is 6.63. The van der Waals surface area contributed by atoms with Gasteiger partial charge in [-0.15, -0.1) is 24.0 Å². The lowest BCUT2D eigenvalue weighted by molar-refractivity contribution is 0.195. The molecule has 0 aliphatic carbocycles. The third kappa shape index (κ3) is 10.7. The van der Waals surface area contributed by atoms with E-state index in [9.17, 15) is 0 Å². The number of nitrogens with zero attached hydrogens (tertiary/aromatic N) is 2. The average Bonchev–Trinajstić information content (AvgIpc) is 2.61. The largest absolute Gasteiger partial charge is 0.385 e. The van der Waals surface area contributed by atoms with Crippen molar-refractivity contribution in [3.05, 3.63) is 35.4 Å². The zero-order chi connectivity index (χ0) is 17.6. The summed E-state index contributed by atoms with van der Waals surface area (Å²) in [5.74, 6) is 0.864. The third-order valence-electron chi connectivity index (χ3n) is 3.87. The average molecular weight is 462 g/mol. The minimum absolute atomic E-state index is 0. The fourth-order valence-electron chi connectivity index (χ4n) is 2.47. The van der Waals surface area contributed by atoms with E-state index in [0.717, 1.165) is 51.7 Å². The molecule has 144 valence electrons. The highest BCUT2D eigenvalue weighted by Gasteiger charge is 2.02. The van der Waals surface area contributed by atoms with E-state index >= 15 is 0 Å². The highest BCUT2D eigenvalue weighted by molar-refractivity contribution is 14.0. The molecule has 1 aromatic rings. The van der Waals surface area contributed by atoms with Crippen LogP contribution in [-0.4, -0.2) is 50.8 Å². The predicted octanol–water partition coefficient (Wildman–Crippen LogP) is 3.24. The number of hydrogen-bond donors (Lipinski definition) is 2. The Balaban J connectivity index is 0.00000576. The number of methoxy groups -OCH3 is 1. The normalized spacial score (nSPS) is 11.3. The molecule has 0 aromatic heterocycles. The molecule has 0 amide bonds. The van der Waals surface area contributed by atoms with Gasteiger partial charge in [-0.25, -0.2) is 4.99 Å². The first kappa shape index (κ1) is 24.1. The topological polar surface area (TPSA) is 48.9 Å². The standard InChI is InChI=1S/C19H34N4O.HI/c1-5-20-19(21-12-9-13-24-4)22-15-17-10-8-11-18(14-17)16-23(6-2)7-3;/h8,10-11,14H,5-7,9,12-13,15-16H2,1-4H3,(H2,20,21,22);1H. The minimum atomic E-state index is 0. The smallest absolute Gasteiger partial charge is 0.191 e. The highest BCUT2D eigenvalue weighted by atomic mass is 127. The van der Waals surface area contributed by atoms with Crippen LogP contribution in [0.2, 0.25) is 0 Å².